The number of aryl methyl sites for hydroxylation is 3. The van der Waals surface area contributed by atoms with Gasteiger partial charge in [-0.3, -0.25) is 9.97 Å². The summed E-state index contributed by atoms with van der Waals surface area (Å²) in [4.78, 5) is 11.9. The number of pyridine rings is 2. The van der Waals surface area contributed by atoms with Crippen molar-refractivity contribution in [2.24, 2.45) is 0 Å². The molecule has 0 amide bonds. The van der Waals surface area contributed by atoms with Crippen LogP contribution in [0.4, 0.5) is 17.1 Å². The molecule has 3 heteroatoms. The molecule has 3 nitrogen and oxygen atoms in total. The zero-order chi connectivity index (χ0) is 26.3. The maximum absolute atomic E-state index is 4.75. The van der Waals surface area contributed by atoms with Crippen LogP contribution in [0.25, 0.3) is 22.5 Å². The van der Waals surface area contributed by atoms with Crippen molar-refractivity contribution in [2.45, 2.75) is 46.0 Å². The number of para-hydroxylation sites is 1. The second-order valence-electron chi connectivity index (χ2n) is 11.3. The molecule has 0 atom stereocenters. The van der Waals surface area contributed by atoms with Crippen LogP contribution in [0.5, 0.6) is 0 Å². The van der Waals surface area contributed by atoms with Crippen molar-refractivity contribution in [3.63, 3.8) is 0 Å². The number of hydrogen-bond acceptors (Lipinski definition) is 3. The van der Waals surface area contributed by atoms with Crippen LogP contribution in [0.15, 0.2) is 103 Å². The molecule has 6 rings (SSSR count). The predicted molar refractivity (Wildman–Crippen MR) is 158 cm³/mol. The van der Waals surface area contributed by atoms with E-state index in [1.807, 2.05) is 18.5 Å². The lowest BCUT2D eigenvalue weighted by Crippen LogP contribution is -2.12. The molecular weight excluding hydrogens is 462 g/mol. The Kier molecular flexibility index (Phi) is 6.07. The number of rotatable bonds is 3. The van der Waals surface area contributed by atoms with Gasteiger partial charge >= 0.3 is 0 Å². The molecule has 1 aliphatic heterocycles. The van der Waals surface area contributed by atoms with Gasteiger partial charge in [-0.15, -0.1) is 0 Å². The van der Waals surface area contributed by atoms with Crippen LogP contribution >= 0.6 is 0 Å². The molecule has 0 N–H and O–H groups in total. The quantitative estimate of drug-likeness (QED) is 0.250. The summed E-state index contributed by atoms with van der Waals surface area (Å²) in [7, 11) is 0. The first kappa shape index (κ1) is 24.1. The highest BCUT2D eigenvalue weighted by molar-refractivity contribution is 5.85. The van der Waals surface area contributed by atoms with E-state index in [0.29, 0.717) is 0 Å². The van der Waals surface area contributed by atoms with Crippen molar-refractivity contribution in [3.05, 3.63) is 126 Å². The molecule has 0 radical (unpaired) electrons. The third-order valence-corrected chi connectivity index (χ3v) is 7.46. The van der Waals surface area contributed by atoms with E-state index < -0.39 is 0 Å². The Morgan fingerprint density at radius 3 is 2.13 bits per heavy atom. The van der Waals surface area contributed by atoms with Crippen LogP contribution in [0.3, 0.4) is 0 Å². The normalized spacial score (nSPS) is 13.0. The smallest absolute Gasteiger partial charge is 0.0705 e. The van der Waals surface area contributed by atoms with Crippen LogP contribution in [0.2, 0.25) is 0 Å². The second-order valence-corrected chi connectivity index (χ2v) is 11.3. The monoisotopic (exact) mass is 495 g/mol. The van der Waals surface area contributed by atoms with Gasteiger partial charge in [-0.05, 0) is 96.0 Å². The van der Waals surface area contributed by atoms with E-state index in [4.69, 9.17) is 4.98 Å². The largest absolute Gasteiger partial charge is 0.310 e. The van der Waals surface area contributed by atoms with E-state index in [1.165, 1.54) is 33.6 Å². The maximum atomic E-state index is 4.75. The molecule has 0 spiro atoms. The summed E-state index contributed by atoms with van der Waals surface area (Å²) in [6.07, 6.45) is 5.83. The fourth-order valence-electron chi connectivity index (χ4n) is 5.31. The van der Waals surface area contributed by atoms with E-state index in [2.05, 4.69) is 123 Å². The minimum absolute atomic E-state index is 0.0677. The summed E-state index contributed by atoms with van der Waals surface area (Å²) >= 11 is 0. The van der Waals surface area contributed by atoms with E-state index in [-0.39, 0.29) is 5.41 Å². The Bertz CT molecular complexity index is 1630. The number of fused-ring (bicyclic) bond motifs is 2. The number of anilines is 3. The van der Waals surface area contributed by atoms with Gasteiger partial charge in [-0.1, -0.05) is 63.2 Å². The van der Waals surface area contributed by atoms with Gasteiger partial charge in [-0.2, -0.15) is 0 Å². The number of nitrogens with zero attached hydrogens (tertiary/aromatic N) is 3. The Balaban J connectivity index is 1.52. The van der Waals surface area contributed by atoms with Crippen molar-refractivity contribution >= 4 is 17.1 Å². The van der Waals surface area contributed by atoms with E-state index >= 15 is 0 Å². The highest BCUT2D eigenvalue weighted by Gasteiger charge is 2.23. The maximum Gasteiger partial charge on any atom is 0.0705 e. The molecule has 188 valence electrons. The van der Waals surface area contributed by atoms with Crippen LogP contribution in [-0.4, -0.2) is 9.97 Å². The predicted octanol–water partition coefficient (Wildman–Crippen LogP) is 8.98. The average Bonchev–Trinajstić information content (AvgIpc) is 3.09. The topological polar surface area (TPSA) is 29.0 Å². The van der Waals surface area contributed by atoms with Gasteiger partial charge in [0.25, 0.3) is 0 Å². The molecule has 0 bridgehead atoms. The lowest BCUT2D eigenvalue weighted by atomic mass is 9.87. The van der Waals surface area contributed by atoms with Gasteiger partial charge in [0.2, 0.25) is 0 Å². The fraction of sp³-hybridized carbons (Fsp3) is 0.200. The molecule has 5 aromatic rings. The summed E-state index contributed by atoms with van der Waals surface area (Å²) in [5, 5.41) is 0. The lowest BCUT2D eigenvalue weighted by molar-refractivity contribution is 0.589. The van der Waals surface area contributed by atoms with Crippen LogP contribution < -0.4 is 4.90 Å². The highest BCUT2D eigenvalue weighted by atomic mass is 15.1. The van der Waals surface area contributed by atoms with Crippen molar-refractivity contribution in [2.75, 3.05) is 4.90 Å². The minimum Gasteiger partial charge on any atom is -0.310 e. The first-order chi connectivity index (χ1) is 18.4. The fourth-order valence-corrected chi connectivity index (χ4v) is 5.31. The lowest BCUT2D eigenvalue weighted by Gasteiger charge is -2.28. The van der Waals surface area contributed by atoms with E-state index in [9.17, 15) is 0 Å². The molecule has 0 unspecified atom stereocenters. The number of benzene rings is 3. The minimum atomic E-state index is 0.0677. The summed E-state index contributed by atoms with van der Waals surface area (Å²) in [5.41, 5.74) is 13.1. The highest BCUT2D eigenvalue weighted by Crippen LogP contribution is 2.44. The first-order valence-electron chi connectivity index (χ1n) is 13.4. The van der Waals surface area contributed by atoms with Crippen LogP contribution in [-0.2, 0) is 18.3 Å². The summed E-state index contributed by atoms with van der Waals surface area (Å²) in [5.74, 6) is 0. The summed E-state index contributed by atoms with van der Waals surface area (Å²) < 4.78 is 0. The SMILES string of the molecule is Cc1ccnc(-c2ccc3c(c2)N(c2cccc(-c4cc(C(C)(C)C)ccn4)c2)c2ccccc2CC3)c1. The molecule has 38 heavy (non-hydrogen) atoms. The molecule has 2 aromatic heterocycles. The standard InChI is InChI=1S/C35H33N3/c1-24-16-18-36-31(20-24)28-15-14-26-13-12-25-8-5-6-11-33(25)38(34(26)22-28)30-10-7-9-27(21-30)32-23-29(17-19-37-32)35(2,3)4/h5-11,14-23H,12-13H2,1-4H3. The van der Waals surface area contributed by atoms with Gasteiger partial charge in [0.1, 0.15) is 0 Å². The van der Waals surface area contributed by atoms with Crippen molar-refractivity contribution in [1.82, 2.24) is 9.97 Å². The zero-order valence-corrected chi connectivity index (χ0v) is 22.6. The Morgan fingerprint density at radius 1 is 0.632 bits per heavy atom. The van der Waals surface area contributed by atoms with E-state index in [1.54, 1.807) is 0 Å². The number of aromatic nitrogens is 2. The van der Waals surface area contributed by atoms with Gasteiger partial charge in [0.05, 0.1) is 17.1 Å². The molecule has 0 saturated heterocycles. The van der Waals surface area contributed by atoms with Gasteiger partial charge < -0.3 is 4.90 Å². The van der Waals surface area contributed by atoms with E-state index in [0.717, 1.165) is 41.0 Å². The van der Waals surface area contributed by atoms with Gasteiger partial charge in [0, 0.05) is 34.9 Å². The Morgan fingerprint density at radius 2 is 1.34 bits per heavy atom. The van der Waals surface area contributed by atoms with Crippen molar-refractivity contribution in [1.29, 1.82) is 0 Å². The average molecular weight is 496 g/mol. The number of hydrogen-bond donors (Lipinski definition) is 0. The third-order valence-electron chi connectivity index (χ3n) is 7.46. The molecule has 0 aliphatic carbocycles. The van der Waals surface area contributed by atoms with Gasteiger partial charge in [0.15, 0.2) is 0 Å². The Hall–Kier alpha value is -4.24. The second kappa shape index (κ2) is 9.57. The molecule has 3 heterocycles. The molecular formula is C35H33N3. The van der Waals surface area contributed by atoms with Crippen LogP contribution in [0, 0.1) is 6.92 Å². The Labute approximate surface area is 225 Å². The summed E-state index contributed by atoms with van der Waals surface area (Å²) in [6, 6.07) is 32.9. The zero-order valence-electron chi connectivity index (χ0n) is 22.6. The van der Waals surface area contributed by atoms with Gasteiger partial charge in [-0.25, -0.2) is 0 Å². The first-order valence-corrected chi connectivity index (χ1v) is 13.4. The van der Waals surface area contributed by atoms with Crippen LogP contribution in [0.1, 0.15) is 43.0 Å². The molecule has 0 saturated carbocycles. The molecule has 3 aromatic carbocycles. The third kappa shape index (κ3) is 4.61. The van der Waals surface area contributed by atoms with Crippen molar-refractivity contribution < 1.29 is 0 Å². The molecule has 1 aliphatic rings. The summed E-state index contributed by atoms with van der Waals surface area (Å²) in [6.45, 7) is 8.85. The van der Waals surface area contributed by atoms with Crippen molar-refractivity contribution in [3.8, 4) is 22.5 Å². The molecule has 0 fully saturated rings.